The summed E-state index contributed by atoms with van der Waals surface area (Å²) in [4.78, 5) is 0. The number of hydrogen-bond donors (Lipinski definition) is 1. The van der Waals surface area contributed by atoms with E-state index >= 15 is 0 Å². The standard InChI is InChI=1S/C16H27NS/c1-5-9-15(17-4)16(6-2)18-12-14-11-8-7-10-13(14)3/h7-8,10-11,15-17H,5-6,9,12H2,1-4H3. The van der Waals surface area contributed by atoms with E-state index in [9.17, 15) is 0 Å². The van der Waals surface area contributed by atoms with Crippen molar-refractivity contribution in [2.75, 3.05) is 7.05 Å². The predicted molar refractivity (Wildman–Crippen MR) is 84.3 cm³/mol. The number of rotatable bonds is 8. The highest BCUT2D eigenvalue weighted by molar-refractivity contribution is 7.99. The Morgan fingerprint density at radius 1 is 1.22 bits per heavy atom. The maximum atomic E-state index is 3.48. The molecule has 0 saturated heterocycles. The highest BCUT2D eigenvalue weighted by atomic mass is 32.2. The van der Waals surface area contributed by atoms with Crippen LogP contribution in [0.1, 0.15) is 44.2 Å². The minimum absolute atomic E-state index is 0.647. The van der Waals surface area contributed by atoms with Crippen LogP contribution in [0.4, 0.5) is 0 Å². The zero-order valence-corrected chi connectivity index (χ0v) is 13.0. The normalized spacial score (nSPS) is 14.4. The Morgan fingerprint density at radius 3 is 2.50 bits per heavy atom. The molecule has 2 unspecified atom stereocenters. The topological polar surface area (TPSA) is 12.0 Å². The molecule has 1 aromatic carbocycles. The van der Waals surface area contributed by atoms with Crippen LogP contribution in [0.2, 0.25) is 0 Å². The fourth-order valence-corrected chi connectivity index (χ4v) is 3.77. The average Bonchev–Trinajstić information content (AvgIpc) is 2.40. The Hall–Kier alpha value is -0.470. The van der Waals surface area contributed by atoms with E-state index in [4.69, 9.17) is 0 Å². The van der Waals surface area contributed by atoms with Crippen molar-refractivity contribution in [2.24, 2.45) is 0 Å². The van der Waals surface area contributed by atoms with Gasteiger partial charge in [0.2, 0.25) is 0 Å². The summed E-state index contributed by atoms with van der Waals surface area (Å²) in [5.74, 6) is 1.13. The molecule has 0 saturated carbocycles. The molecule has 1 N–H and O–H groups in total. The Morgan fingerprint density at radius 2 is 1.94 bits per heavy atom. The molecule has 1 aromatic rings. The lowest BCUT2D eigenvalue weighted by atomic mass is 10.1. The molecular weight excluding hydrogens is 238 g/mol. The Labute approximate surface area is 117 Å². The second kappa shape index (κ2) is 8.60. The molecule has 0 radical (unpaired) electrons. The van der Waals surface area contributed by atoms with Crippen molar-refractivity contribution in [1.82, 2.24) is 5.32 Å². The highest BCUT2D eigenvalue weighted by Gasteiger charge is 2.18. The molecule has 0 aliphatic carbocycles. The van der Waals surface area contributed by atoms with Gasteiger partial charge in [0.1, 0.15) is 0 Å². The first-order chi connectivity index (χ1) is 8.72. The van der Waals surface area contributed by atoms with Crippen molar-refractivity contribution in [3.8, 4) is 0 Å². The van der Waals surface area contributed by atoms with Crippen molar-refractivity contribution < 1.29 is 0 Å². The molecule has 2 heteroatoms. The maximum Gasteiger partial charge on any atom is 0.0201 e. The Balaban J connectivity index is 2.56. The highest BCUT2D eigenvalue weighted by Crippen LogP contribution is 2.26. The average molecular weight is 265 g/mol. The lowest BCUT2D eigenvalue weighted by molar-refractivity contribution is 0.490. The maximum absolute atomic E-state index is 3.48. The number of thioether (sulfide) groups is 1. The molecule has 102 valence electrons. The third-order valence-electron chi connectivity index (χ3n) is 3.54. The van der Waals surface area contributed by atoms with E-state index in [1.807, 2.05) is 0 Å². The van der Waals surface area contributed by atoms with Crippen LogP contribution in [0.25, 0.3) is 0 Å². The molecule has 0 aliphatic rings. The van der Waals surface area contributed by atoms with Gasteiger partial charge >= 0.3 is 0 Å². The number of hydrogen-bond acceptors (Lipinski definition) is 2. The van der Waals surface area contributed by atoms with Gasteiger partial charge in [0.25, 0.3) is 0 Å². The monoisotopic (exact) mass is 265 g/mol. The summed E-state index contributed by atoms with van der Waals surface area (Å²) in [7, 11) is 2.09. The molecule has 2 atom stereocenters. The minimum atomic E-state index is 0.647. The van der Waals surface area contributed by atoms with Gasteiger partial charge in [-0.2, -0.15) is 11.8 Å². The lowest BCUT2D eigenvalue weighted by Gasteiger charge is -2.25. The van der Waals surface area contributed by atoms with Gasteiger partial charge in [0.05, 0.1) is 0 Å². The molecule has 0 bridgehead atoms. The van der Waals surface area contributed by atoms with Crippen molar-refractivity contribution in [3.05, 3.63) is 35.4 Å². The van der Waals surface area contributed by atoms with E-state index in [1.54, 1.807) is 0 Å². The Kier molecular flexibility index (Phi) is 7.45. The smallest absolute Gasteiger partial charge is 0.0201 e. The van der Waals surface area contributed by atoms with Crippen molar-refractivity contribution in [1.29, 1.82) is 0 Å². The molecule has 0 aromatic heterocycles. The van der Waals surface area contributed by atoms with Crippen LogP contribution in [0.3, 0.4) is 0 Å². The Bertz CT molecular complexity index is 338. The number of nitrogens with one attached hydrogen (secondary N) is 1. The molecule has 18 heavy (non-hydrogen) atoms. The molecule has 0 amide bonds. The van der Waals surface area contributed by atoms with E-state index in [0.717, 1.165) is 11.0 Å². The molecule has 1 nitrogen and oxygen atoms in total. The van der Waals surface area contributed by atoms with Crippen LogP contribution in [0.5, 0.6) is 0 Å². The molecule has 0 fully saturated rings. The summed E-state index contributed by atoms with van der Waals surface area (Å²) in [6, 6.07) is 9.37. The largest absolute Gasteiger partial charge is 0.316 e. The quantitative estimate of drug-likeness (QED) is 0.748. The number of aryl methyl sites for hydroxylation is 1. The zero-order valence-electron chi connectivity index (χ0n) is 12.2. The first-order valence-corrected chi connectivity index (χ1v) is 8.11. The van der Waals surface area contributed by atoms with Gasteiger partial charge in [0.15, 0.2) is 0 Å². The van der Waals surface area contributed by atoms with Crippen LogP contribution in [0, 0.1) is 6.92 Å². The molecule has 0 heterocycles. The zero-order chi connectivity index (χ0) is 13.4. The van der Waals surface area contributed by atoms with E-state index < -0.39 is 0 Å². The lowest BCUT2D eigenvalue weighted by Crippen LogP contribution is -2.35. The summed E-state index contributed by atoms with van der Waals surface area (Å²) in [6.07, 6.45) is 3.77. The van der Waals surface area contributed by atoms with Gasteiger partial charge in [-0.3, -0.25) is 0 Å². The van der Waals surface area contributed by atoms with Crippen molar-refractivity contribution in [3.63, 3.8) is 0 Å². The van der Waals surface area contributed by atoms with Gasteiger partial charge < -0.3 is 5.32 Å². The second-order valence-corrected chi connectivity index (χ2v) is 6.10. The van der Waals surface area contributed by atoms with E-state index in [1.165, 1.54) is 30.4 Å². The molecule has 0 aliphatic heterocycles. The fraction of sp³-hybridized carbons (Fsp3) is 0.625. The van der Waals surface area contributed by atoms with Gasteiger partial charge in [-0.15, -0.1) is 0 Å². The summed E-state index contributed by atoms with van der Waals surface area (Å²) >= 11 is 2.10. The summed E-state index contributed by atoms with van der Waals surface area (Å²) < 4.78 is 0. The SMILES string of the molecule is CCCC(NC)C(CC)SCc1ccccc1C. The fourth-order valence-electron chi connectivity index (χ4n) is 2.31. The van der Waals surface area contributed by atoms with E-state index in [0.29, 0.717) is 6.04 Å². The van der Waals surface area contributed by atoms with Crippen molar-refractivity contribution in [2.45, 2.75) is 57.1 Å². The van der Waals surface area contributed by atoms with Gasteiger partial charge in [0, 0.05) is 17.0 Å². The van der Waals surface area contributed by atoms with Gasteiger partial charge in [-0.05, 0) is 37.9 Å². The van der Waals surface area contributed by atoms with E-state index in [2.05, 4.69) is 69.2 Å². The summed E-state index contributed by atoms with van der Waals surface area (Å²) in [6.45, 7) is 6.77. The third kappa shape index (κ3) is 4.66. The van der Waals surface area contributed by atoms with Crippen LogP contribution in [-0.4, -0.2) is 18.3 Å². The van der Waals surface area contributed by atoms with Crippen molar-refractivity contribution >= 4 is 11.8 Å². The van der Waals surface area contributed by atoms with Gasteiger partial charge in [-0.1, -0.05) is 44.5 Å². The minimum Gasteiger partial charge on any atom is -0.316 e. The van der Waals surface area contributed by atoms with Gasteiger partial charge in [-0.25, -0.2) is 0 Å². The van der Waals surface area contributed by atoms with E-state index in [-0.39, 0.29) is 0 Å². The van der Waals surface area contributed by atoms with Crippen LogP contribution < -0.4 is 5.32 Å². The summed E-state index contributed by atoms with van der Waals surface area (Å²) in [5, 5.41) is 4.20. The molecule has 1 rings (SSSR count). The first kappa shape index (κ1) is 15.6. The van der Waals surface area contributed by atoms with Crippen LogP contribution >= 0.6 is 11.8 Å². The first-order valence-electron chi connectivity index (χ1n) is 7.06. The predicted octanol–water partition coefficient (Wildman–Crippen LogP) is 4.39. The molecule has 0 spiro atoms. The summed E-state index contributed by atoms with van der Waals surface area (Å²) in [5.41, 5.74) is 2.89. The third-order valence-corrected chi connectivity index (χ3v) is 5.10. The molecular formula is C16H27NS. The number of benzene rings is 1. The van der Waals surface area contributed by atoms with Crippen LogP contribution in [0.15, 0.2) is 24.3 Å². The van der Waals surface area contributed by atoms with Crippen LogP contribution in [-0.2, 0) is 5.75 Å². The second-order valence-electron chi connectivity index (χ2n) is 4.87.